The molecule has 4 rings (SSSR count). The first-order valence-corrected chi connectivity index (χ1v) is 7.74. The molecule has 4 heteroatoms. The van der Waals surface area contributed by atoms with Gasteiger partial charge in [0.1, 0.15) is 5.52 Å². The maximum Gasteiger partial charge on any atom is 0.298 e. The first-order valence-electron chi connectivity index (χ1n) is 7.74. The molecule has 0 spiro atoms. The standard InChI is InChI=1S/C16H21N3O/c17-12-7-8-15-13(10-12)18-16(20-15)19-9-3-5-11-4-1-2-6-14(11)19/h7-8,10-11,14H,1-6,9,17H2/t11-,14-/m1/s1. The van der Waals surface area contributed by atoms with Crippen LogP contribution < -0.4 is 10.6 Å². The number of hydrogen-bond acceptors (Lipinski definition) is 4. The van der Waals surface area contributed by atoms with Gasteiger partial charge in [-0.2, -0.15) is 4.98 Å². The quantitative estimate of drug-likeness (QED) is 0.806. The van der Waals surface area contributed by atoms with Crippen molar-refractivity contribution in [2.75, 3.05) is 17.2 Å². The Kier molecular flexibility index (Phi) is 2.83. The highest BCUT2D eigenvalue weighted by atomic mass is 16.4. The van der Waals surface area contributed by atoms with E-state index in [0.717, 1.165) is 35.3 Å². The number of aromatic nitrogens is 1. The summed E-state index contributed by atoms with van der Waals surface area (Å²) in [7, 11) is 0. The molecule has 2 atom stereocenters. The molecule has 2 heterocycles. The Labute approximate surface area is 118 Å². The van der Waals surface area contributed by atoms with Crippen molar-refractivity contribution in [3.8, 4) is 0 Å². The molecule has 1 aromatic heterocycles. The lowest BCUT2D eigenvalue weighted by Gasteiger charge is -2.43. The van der Waals surface area contributed by atoms with Crippen LogP contribution in [0.25, 0.3) is 11.1 Å². The van der Waals surface area contributed by atoms with E-state index < -0.39 is 0 Å². The van der Waals surface area contributed by atoms with Crippen LogP contribution in [0.4, 0.5) is 11.7 Å². The SMILES string of the molecule is Nc1ccc2oc(N3CCC[C@H]4CCCC[C@H]43)nc2c1. The van der Waals surface area contributed by atoms with Crippen LogP contribution in [0, 0.1) is 5.92 Å². The summed E-state index contributed by atoms with van der Waals surface area (Å²) in [5.41, 5.74) is 8.28. The molecular formula is C16H21N3O. The van der Waals surface area contributed by atoms with Crippen LogP contribution in [-0.4, -0.2) is 17.6 Å². The van der Waals surface area contributed by atoms with E-state index in [4.69, 9.17) is 10.2 Å². The van der Waals surface area contributed by atoms with E-state index in [9.17, 15) is 0 Å². The molecule has 2 aromatic rings. The van der Waals surface area contributed by atoms with Gasteiger partial charge >= 0.3 is 0 Å². The zero-order valence-electron chi connectivity index (χ0n) is 11.7. The van der Waals surface area contributed by atoms with Gasteiger partial charge in [0.15, 0.2) is 5.58 Å². The Hall–Kier alpha value is -1.71. The van der Waals surface area contributed by atoms with E-state index >= 15 is 0 Å². The summed E-state index contributed by atoms with van der Waals surface area (Å²) >= 11 is 0. The van der Waals surface area contributed by atoms with Crippen molar-refractivity contribution < 1.29 is 4.42 Å². The molecule has 1 aliphatic heterocycles. The molecule has 1 aliphatic carbocycles. The lowest BCUT2D eigenvalue weighted by atomic mass is 9.78. The molecule has 0 radical (unpaired) electrons. The number of nitrogen functional groups attached to an aromatic ring is 1. The zero-order valence-corrected chi connectivity index (χ0v) is 11.7. The summed E-state index contributed by atoms with van der Waals surface area (Å²) in [4.78, 5) is 7.07. The molecule has 20 heavy (non-hydrogen) atoms. The van der Waals surface area contributed by atoms with E-state index in [0.29, 0.717) is 6.04 Å². The Morgan fingerprint density at radius 3 is 2.95 bits per heavy atom. The van der Waals surface area contributed by atoms with Gasteiger partial charge < -0.3 is 15.1 Å². The fourth-order valence-corrected chi connectivity index (χ4v) is 3.92. The van der Waals surface area contributed by atoms with Crippen molar-refractivity contribution in [1.29, 1.82) is 0 Å². The summed E-state index contributed by atoms with van der Waals surface area (Å²) in [6, 6.07) is 7.11. The minimum Gasteiger partial charge on any atom is -0.423 e. The molecular weight excluding hydrogens is 250 g/mol. The van der Waals surface area contributed by atoms with E-state index in [1.807, 2.05) is 18.2 Å². The van der Waals surface area contributed by atoms with Crippen LogP contribution in [0.2, 0.25) is 0 Å². The first-order chi connectivity index (χ1) is 9.81. The molecule has 0 bridgehead atoms. The van der Waals surface area contributed by atoms with Gasteiger partial charge in [0.05, 0.1) is 0 Å². The third-order valence-electron chi connectivity index (χ3n) is 4.89. The van der Waals surface area contributed by atoms with Gasteiger partial charge in [0.2, 0.25) is 0 Å². The van der Waals surface area contributed by atoms with E-state index in [1.54, 1.807) is 0 Å². The fraction of sp³-hybridized carbons (Fsp3) is 0.562. The maximum absolute atomic E-state index is 5.97. The Balaban J connectivity index is 1.69. The van der Waals surface area contributed by atoms with Gasteiger partial charge in [-0.15, -0.1) is 0 Å². The van der Waals surface area contributed by atoms with Crippen molar-refractivity contribution in [3.05, 3.63) is 18.2 Å². The summed E-state index contributed by atoms with van der Waals surface area (Å²) < 4.78 is 5.97. The molecule has 2 N–H and O–H groups in total. The highest BCUT2D eigenvalue weighted by molar-refractivity contribution is 5.78. The van der Waals surface area contributed by atoms with Crippen molar-refractivity contribution in [2.24, 2.45) is 5.92 Å². The monoisotopic (exact) mass is 271 g/mol. The summed E-state index contributed by atoms with van der Waals surface area (Å²) in [5, 5.41) is 0. The maximum atomic E-state index is 5.97. The number of nitrogens with two attached hydrogens (primary N) is 1. The Bertz CT molecular complexity index is 619. The zero-order chi connectivity index (χ0) is 13.5. The molecule has 1 saturated carbocycles. The number of hydrogen-bond donors (Lipinski definition) is 1. The predicted molar refractivity (Wildman–Crippen MR) is 80.7 cm³/mol. The predicted octanol–water partition coefficient (Wildman–Crippen LogP) is 3.57. The molecule has 0 unspecified atom stereocenters. The average molecular weight is 271 g/mol. The number of benzene rings is 1. The number of oxazole rings is 1. The van der Waals surface area contributed by atoms with Crippen molar-refractivity contribution >= 4 is 22.8 Å². The highest BCUT2D eigenvalue weighted by Gasteiger charge is 2.35. The lowest BCUT2D eigenvalue weighted by Crippen LogP contribution is -2.47. The molecule has 1 saturated heterocycles. The Morgan fingerprint density at radius 2 is 2.00 bits per heavy atom. The van der Waals surface area contributed by atoms with E-state index in [1.165, 1.54) is 38.5 Å². The molecule has 0 amide bonds. The van der Waals surface area contributed by atoms with Gasteiger partial charge in [0.25, 0.3) is 6.01 Å². The van der Waals surface area contributed by atoms with Gasteiger partial charge in [-0.3, -0.25) is 0 Å². The molecule has 1 aromatic carbocycles. The van der Waals surface area contributed by atoms with E-state index in [-0.39, 0.29) is 0 Å². The minimum absolute atomic E-state index is 0.628. The van der Waals surface area contributed by atoms with Crippen LogP contribution in [0.5, 0.6) is 0 Å². The second-order valence-electron chi connectivity index (χ2n) is 6.17. The number of fused-ring (bicyclic) bond motifs is 2. The molecule has 106 valence electrons. The summed E-state index contributed by atoms with van der Waals surface area (Å²) in [6.07, 6.45) is 8.00. The van der Waals surface area contributed by atoms with Crippen LogP contribution in [0.3, 0.4) is 0 Å². The smallest absolute Gasteiger partial charge is 0.298 e. The van der Waals surface area contributed by atoms with Gasteiger partial charge in [-0.05, 0) is 49.8 Å². The van der Waals surface area contributed by atoms with Crippen LogP contribution in [0.1, 0.15) is 38.5 Å². The Morgan fingerprint density at radius 1 is 1.15 bits per heavy atom. The van der Waals surface area contributed by atoms with Crippen molar-refractivity contribution in [1.82, 2.24) is 4.98 Å². The highest BCUT2D eigenvalue weighted by Crippen LogP contribution is 2.38. The van der Waals surface area contributed by atoms with Gasteiger partial charge in [0, 0.05) is 18.3 Å². The number of piperidine rings is 1. The number of rotatable bonds is 1. The normalized spacial score (nSPS) is 26.7. The minimum atomic E-state index is 0.628. The average Bonchev–Trinajstić information content (AvgIpc) is 2.89. The first kappa shape index (κ1) is 12.1. The topological polar surface area (TPSA) is 55.3 Å². The molecule has 4 nitrogen and oxygen atoms in total. The third-order valence-corrected chi connectivity index (χ3v) is 4.89. The summed E-state index contributed by atoms with van der Waals surface area (Å²) in [6.45, 7) is 1.07. The van der Waals surface area contributed by atoms with Gasteiger partial charge in [-0.1, -0.05) is 12.8 Å². The molecule has 2 aliphatic rings. The van der Waals surface area contributed by atoms with Crippen LogP contribution in [-0.2, 0) is 0 Å². The number of anilines is 2. The second kappa shape index (κ2) is 4.69. The van der Waals surface area contributed by atoms with Crippen molar-refractivity contribution in [3.63, 3.8) is 0 Å². The van der Waals surface area contributed by atoms with Gasteiger partial charge in [-0.25, -0.2) is 0 Å². The molecule has 2 fully saturated rings. The fourth-order valence-electron chi connectivity index (χ4n) is 3.92. The second-order valence-corrected chi connectivity index (χ2v) is 6.17. The van der Waals surface area contributed by atoms with E-state index in [2.05, 4.69) is 9.88 Å². The largest absolute Gasteiger partial charge is 0.423 e. The third kappa shape index (κ3) is 1.94. The van der Waals surface area contributed by atoms with Crippen LogP contribution in [0.15, 0.2) is 22.6 Å². The summed E-state index contributed by atoms with van der Waals surface area (Å²) in [5.74, 6) is 0.831. The van der Waals surface area contributed by atoms with Crippen LogP contribution >= 0.6 is 0 Å². The number of nitrogens with zero attached hydrogens (tertiary/aromatic N) is 2. The van der Waals surface area contributed by atoms with Crippen molar-refractivity contribution in [2.45, 2.75) is 44.6 Å². The lowest BCUT2D eigenvalue weighted by molar-refractivity contribution is 0.235.